The highest BCUT2D eigenvalue weighted by molar-refractivity contribution is 6.34. The van der Waals surface area contributed by atoms with Crippen LogP contribution in [0.5, 0.6) is 0 Å². The van der Waals surface area contributed by atoms with Crippen LogP contribution in [-0.4, -0.2) is 5.91 Å². The molecule has 1 N–H and O–H groups in total. The van der Waals surface area contributed by atoms with Gasteiger partial charge in [0, 0.05) is 16.8 Å². The van der Waals surface area contributed by atoms with Gasteiger partial charge < -0.3 is 5.32 Å². The summed E-state index contributed by atoms with van der Waals surface area (Å²) in [5.74, 6) is -0.395. The van der Waals surface area contributed by atoms with E-state index < -0.39 is 17.6 Å². The highest BCUT2D eigenvalue weighted by Crippen LogP contribution is 2.38. The number of halogens is 3. The van der Waals surface area contributed by atoms with Gasteiger partial charge in [-0.25, -0.2) is 0 Å². The molecule has 0 aromatic heterocycles. The second-order valence-corrected chi connectivity index (χ2v) is 4.68. The van der Waals surface area contributed by atoms with Gasteiger partial charge in [0.25, 0.3) is 5.91 Å². The lowest BCUT2D eigenvalue weighted by molar-refractivity contribution is -0.137. The zero-order chi connectivity index (χ0) is 15.0. The first-order chi connectivity index (χ1) is 9.95. The summed E-state index contributed by atoms with van der Waals surface area (Å²) in [6, 6.07) is 12.4. The van der Waals surface area contributed by atoms with Gasteiger partial charge in [-0.3, -0.25) is 4.79 Å². The summed E-state index contributed by atoms with van der Waals surface area (Å²) in [6.45, 7) is 0. The average Bonchev–Trinajstić information content (AvgIpc) is 2.75. The van der Waals surface area contributed by atoms with Crippen LogP contribution in [0.2, 0.25) is 0 Å². The Kier molecular flexibility index (Phi) is 3.05. The Bertz CT molecular complexity index is 733. The third-order valence-corrected chi connectivity index (χ3v) is 3.24. The quantitative estimate of drug-likeness (QED) is 0.783. The zero-order valence-electron chi connectivity index (χ0n) is 10.7. The van der Waals surface area contributed by atoms with Crippen molar-refractivity contribution >= 4 is 23.2 Å². The van der Waals surface area contributed by atoms with Crippen LogP contribution in [-0.2, 0) is 11.0 Å². The minimum Gasteiger partial charge on any atom is -0.321 e. The lowest BCUT2D eigenvalue weighted by Gasteiger charge is -2.08. The maximum Gasteiger partial charge on any atom is 0.416 e. The Morgan fingerprint density at radius 3 is 2.38 bits per heavy atom. The van der Waals surface area contributed by atoms with Gasteiger partial charge in [-0.15, -0.1) is 0 Å². The molecule has 21 heavy (non-hydrogen) atoms. The van der Waals surface area contributed by atoms with Crippen LogP contribution in [0.15, 0.2) is 48.5 Å². The number of rotatable bonds is 1. The van der Waals surface area contributed by atoms with Crippen molar-refractivity contribution in [3.8, 4) is 0 Å². The van der Waals surface area contributed by atoms with E-state index in [2.05, 4.69) is 5.32 Å². The lowest BCUT2D eigenvalue weighted by Crippen LogP contribution is -2.06. The van der Waals surface area contributed by atoms with E-state index in [9.17, 15) is 18.0 Å². The molecule has 0 aliphatic carbocycles. The second-order valence-electron chi connectivity index (χ2n) is 4.68. The van der Waals surface area contributed by atoms with Crippen molar-refractivity contribution < 1.29 is 18.0 Å². The van der Waals surface area contributed by atoms with E-state index in [0.717, 1.165) is 17.7 Å². The number of hydrogen-bond acceptors (Lipinski definition) is 1. The molecule has 0 atom stereocenters. The monoisotopic (exact) mass is 289 g/mol. The molecule has 3 rings (SSSR count). The van der Waals surface area contributed by atoms with Gasteiger partial charge in [0.1, 0.15) is 0 Å². The molecule has 0 saturated carbocycles. The number of anilines is 1. The fourth-order valence-corrected chi connectivity index (χ4v) is 2.23. The summed E-state index contributed by atoms with van der Waals surface area (Å²) >= 11 is 0. The zero-order valence-corrected chi connectivity index (χ0v) is 10.7. The summed E-state index contributed by atoms with van der Waals surface area (Å²) in [5.41, 5.74) is 1.08. The number of hydrogen-bond donors (Lipinski definition) is 1. The molecule has 0 unspecified atom stereocenters. The fraction of sp³-hybridized carbons (Fsp3) is 0.0625. The number of alkyl halides is 3. The molecule has 1 amide bonds. The third kappa shape index (κ3) is 2.54. The van der Waals surface area contributed by atoms with Crippen LogP contribution in [0, 0.1) is 0 Å². The van der Waals surface area contributed by atoms with Gasteiger partial charge >= 0.3 is 6.18 Å². The number of amides is 1. The maximum atomic E-state index is 12.7. The molecule has 1 aliphatic rings. The molecule has 5 heteroatoms. The van der Waals surface area contributed by atoms with E-state index in [4.69, 9.17) is 0 Å². The van der Waals surface area contributed by atoms with Gasteiger partial charge in [-0.2, -0.15) is 13.2 Å². The van der Waals surface area contributed by atoms with Crippen molar-refractivity contribution in [2.75, 3.05) is 5.32 Å². The first kappa shape index (κ1) is 13.4. The van der Waals surface area contributed by atoms with Gasteiger partial charge in [0.2, 0.25) is 0 Å². The van der Waals surface area contributed by atoms with Crippen LogP contribution in [0.3, 0.4) is 0 Å². The largest absolute Gasteiger partial charge is 0.416 e. The van der Waals surface area contributed by atoms with Crippen LogP contribution < -0.4 is 5.32 Å². The minimum atomic E-state index is -4.42. The molecule has 1 heterocycles. The van der Waals surface area contributed by atoms with E-state index in [0.29, 0.717) is 11.1 Å². The van der Waals surface area contributed by atoms with E-state index in [-0.39, 0.29) is 5.69 Å². The summed E-state index contributed by atoms with van der Waals surface area (Å²) in [7, 11) is 0. The Morgan fingerprint density at radius 2 is 1.71 bits per heavy atom. The van der Waals surface area contributed by atoms with Crippen LogP contribution in [0.25, 0.3) is 11.6 Å². The van der Waals surface area contributed by atoms with Crippen LogP contribution in [0.4, 0.5) is 18.9 Å². The molecule has 2 aromatic carbocycles. The van der Waals surface area contributed by atoms with E-state index in [1.54, 1.807) is 6.08 Å². The van der Waals surface area contributed by atoms with Crippen LogP contribution >= 0.6 is 0 Å². The predicted molar refractivity (Wildman–Crippen MR) is 74.4 cm³/mol. The topological polar surface area (TPSA) is 29.1 Å². The van der Waals surface area contributed by atoms with Gasteiger partial charge in [0.15, 0.2) is 0 Å². The van der Waals surface area contributed by atoms with Gasteiger partial charge in [-0.1, -0.05) is 36.4 Å². The lowest BCUT2D eigenvalue weighted by atomic mass is 10.0. The SMILES string of the molecule is O=C1Nc2cc(C(F)(F)F)ccc2/C1=C/c1ccccc1. The number of benzene rings is 2. The average molecular weight is 289 g/mol. The van der Waals surface area contributed by atoms with Crippen molar-refractivity contribution in [1.29, 1.82) is 0 Å². The summed E-state index contributed by atoms with van der Waals surface area (Å²) in [5, 5.41) is 2.47. The molecular weight excluding hydrogens is 279 g/mol. The van der Waals surface area contributed by atoms with Crippen molar-refractivity contribution in [3.63, 3.8) is 0 Å². The smallest absolute Gasteiger partial charge is 0.321 e. The van der Waals surface area contributed by atoms with E-state index in [1.165, 1.54) is 6.07 Å². The third-order valence-electron chi connectivity index (χ3n) is 3.24. The minimum absolute atomic E-state index is 0.192. The maximum absolute atomic E-state index is 12.7. The molecule has 1 aliphatic heterocycles. The van der Waals surface area contributed by atoms with Crippen molar-refractivity contribution in [2.45, 2.75) is 6.18 Å². The summed E-state index contributed by atoms with van der Waals surface area (Å²) in [6.07, 6.45) is -2.76. The molecule has 0 saturated heterocycles. The van der Waals surface area contributed by atoms with E-state index >= 15 is 0 Å². The van der Waals surface area contributed by atoms with Crippen molar-refractivity contribution in [1.82, 2.24) is 0 Å². The normalized spacial score (nSPS) is 16.0. The highest BCUT2D eigenvalue weighted by Gasteiger charge is 2.33. The molecule has 0 fully saturated rings. The number of carbonyl (C=O) groups excluding carboxylic acids is 1. The molecule has 0 radical (unpaired) electrons. The highest BCUT2D eigenvalue weighted by atomic mass is 19.4. The molecule has 2 aromatic rings. The van der Waals surface area contributed by atoms with Crippen molar-refractivity contribution in [2.24, 2.45) is 0 Å². The molecule has 0 bridgehead atoms. The second kappa shape index (κ2) is 4.77. The summed E-state index contributed by atoms with van der Waals surface area (Å²) in [4.78, 5) is 11.9. The molecule has 2 nitrogen and oxygen atoms in total. The molecule has 0 spiro atoms. The Labute approximate surface area is 118 Å². The van der Waals surface area contributed by atoms with Crippen molar-refractivity contribution in [3.05, 3.63) is 65.2 Å². The van der Waals surface area contributed by atoms with Gasteiger partial charge in [0.05, 0.1) is 5.56 Å². The van der Waals surface area contributed by atoms with Crippen LogP contribution in [0.1, 0.15) is 16.7 Å². The van der Waals surface area contributed by atoms with Gasteiger partial charge in [-0.05, 0) is 23.8 Å². The number of carbonyl (C=O) groups is 1. The molecule has 106 valence electrons. The Morgan fingerprint density at radius 1 is 1.00 bits per heavy atom. The Hall–Kier alpha value is -2.56. The number of nitrogens with one attached hydrogen (secondary N) is 1. The fourth-order valence-electron chi connectivity index (χ4n) is 2.23. The standard InChI is InChI=1S/C16H10F3NO/c17-16(18,19)11-6-7-12-13(15(21)20-14(12)9-11)8-10-4-2-1-3-5-10/h1-9H,(H,20,21)/b13-8-. The predicted octanol–water partition coefficient (Wildman–Crippen LogP) is 4.20. The molecular formula is C16H10F3NO. The Balaban J connectivity index is 2.05. The number of fused-ring (bicyclic) bond motifs is 1. The summed E-state index contributed by atoms with van der Waals surface area (Å²) < 4.78 is 38.0. The van der Waals surface area contributed by atoms with E-state index in [1.807, 2.05) is 30.3 Å². The first-order valence-corrected chi connectivity index (χ1v) is 6.25. The first-order valence-electron chi connectivity index (χ1n) is 6.25.